The minimum absolute atomic E-state index is 0.0922. The third-order valence-corrected chi connectivity index (χ3v) is 5.28. The number of alkyl halides is 3. The number of phenols is 1. The van der Waals surface area contributed by atoms with Crippen LogP contribution < -0.4 is 5.73 Å². The Morgan fingerprint density at radius 2 is 1.80 bits per heavy atom. The van der Waals surface area contributed by atoms with Crippen LogP contribution in [0.15, 0.2) is 30.0 Å². The summed E-state index contributed by atoms with van der Waals surface area (Å²) in [4.78, 5) is 15.0. The maximum atomic E-state index is 13.2. The molecule has 2 heterocycles. The van der Waals surface area contributed by atoms with Gasteiger partial charge in [0, 0.05) is 23.6 Å². The number of hydrogen-bond acceptors (Lipinski definition) is 4. The molecule has 3 aromatic rings. The molecule has 0 saturated heterocycles. The molecule has 0 bridgehead atoms. The van der Waals surface area contributed by atoms with Gasteiger partial charge in [0.2, 0.25) is 5.91 Å². The molecule has 0 unspecified atom stereocenters. The van der Waals surface area contributed by atoms with E-state index in [0.717, 1.165) is 5.56 Å². The van der Waals surface area contributed by atoms with Crippen molar-refractivity contribution in [3.05, 3.63) is 63.6 Å². The second-order valence-electron chi connectivity index (χ2n) is 7.23. The van der Waals surface area contributed by atoms with Gasteiger partial charge >= 0.3 is 6.18 Å². The van der Waals surface area contributed by atoms with E-state index in [2.05, 4.69) is 10.1 Å². The quantitative estimate of drug-likeness (QED) is 0.627. The van der Waals surface area contributed by atoms with Crippen LogP contribution in [0.25, 0.3) is 11.2 Å². The first-order chi connectivity index (χ1) is 13.9. The van der Waals surface area contributed by atoms with Gasteiger partial charge in [-0.2, -0.15) is 18.3 Å². The zero-order chi connectivity index (χ0) is 22.4. The largest absolute Gasteiger partial charge is 0.508 e. The standard InChI is InChI=1S/C12H9F3N4O.C9H12O/c1-5-4-6-9(8(5)11(16)20)10(12(13,14)15)18-7-2-3-17-19(6)7;1-6-4-5-9(10)8(3)7(6)2/h2-3H,4H2,1H3,(H2,16,20);4-5,10H,1-3H3. The Kier molecular flexibility index (Phi) is 5.32. The zero-order valence-electron chi connectivity index (χ0n) is 16.9. The third kappa shape index (κ3) is 3.62. The summed E-state index contributed by atoms with van der Waals surface area (Å²) in [6, 6.07) is 5.04. The maximum absolute atomic E-state index is 13.2. The van der Waals surface area contributed by atoms with Gasteiger partial charge in [-0.15, -0.1) is 0 Å². The first kappa shape index (κ1) is 21.4. The summed E-state index contributed by atoms with van der Waals surface area (Å²) < 4.78 is 40.8. The fourth-order valence-corrected chi connectivity index (χ4v) is 3.46. The topological polar surface area (TPSA) is 93.5 Å². The van der Waals surface area contributed by atoms with Crippen LogP contribution in [0.1, 0.15) is 40.6 Å². The second-order valence-corrected chi connectivity index (χ2v) is 7.23. The number of rotatable bonds is 1. The van der Waals surface area contributed by atoms with Crippen LogP contribution in [0, 0.1) is 20.8 Å². The van der Waals surface area contributed by atoms with Gasteiger partial charge in [-0.25, -0.2) is 9.50 Å². The number of nitrogens with two attached hydrogens (primary N) is 1. The minimum atomic E-state index is -4.67. The van der Waals surface area contributed by atoms with Crippen molar-refractivity contribution < 1.29 is 23.1 Å². The van der Waals surface area contributed by atoms with Gasteiger partial charge in [-0.3, -0.25) is 4.79 Å². The number of allylic oxidation sites excluding steroid dienone is 1. The number of halogens is 3. The molecule has 0 fully saturated rings. The molecule has 0 radical (unpaired) electrons. The molecule has 1 aromatic carbocycles. The average Bonchev–Trinajstić information content (AvgIpc) is 3.25. The highest BCUT2D eigenvalue weighted by atomic mass is 19.4. The Morgan fingerprint density at radius 3 is 2.37 bits per heavy atom. The van der Waals surface area contributed by atoms with E-state index in [1.54, 1.807) is 13.0 Å². The Bertz CT molecular complexity index is 1170. The van der Waals surface area contributed by atoms with Crippen LogP contribution >= 0.6 is 0 Å². The summed E-state index contributed by atoms with van der Waals surface area (Å²) in [5.74, 6) is -0.497. The predicted octanol–water partition coefficient (Wildman–Crippen LogP) is 3.88. The number of aromatic nitrogens is 3. The number of aryl methyl sites for hydroxylation is 1. The van der Waals surface area contributed by atoms with Gasteiger partial charge in [-0.1, -0.05) is 11.6 Å². The Labute approximate surface area is 170 Å². The number of benzene rings is 1. The summed E-state index contributed by atoms with van der Waals surface area (Å²) in [5.41, 5.74) is 8.03. The lowest BCUT2D eigenvalue weighted by molar-refractivity contribution is -0.141. The van der Waals surface area contributed by atoms with Crippen molar-refractivity contribution in [1.82, 2.24) is 14.6 Å². The fourth-order valence-electron chi connectivity index (χ4n) is 3.46. The molecule has 2 aromatic heterocycles. The van der Waals surface area contributed by atoms with Crippen LogP contribution in [0.2, 0.25) is 0 Å². The van der Waals surface area contributed by atoms with Gasteiger partial charge in [0.15, 0.2) is 11.3 Å². The van der Waals surface area contributed by atoms with E-state index < -0.39 is 17.8 Å². The molecule has 1 aliphatic carbocycles. The molecule has 0 spiro atoms. The SMILES string of the molecule is CC1=C(C(N)=O)c2c(C(F)(F)F)nc3ccnn3c2C1.Cc1ccc(O)c(C)c1C. The van der Waals surface area contributed by atoms with E-state index in [4.69, 9.17) is 5.73 Å². The fraction of sp³-hybridized carbons (Fsp3) is 0.286. The lowest BCUT2D eigenvalue weighted by Gasteiger charge is -2.13. The van der Waals surface area contributed by atoms with Crippen LogP contribution in [0.4, 0.5) is 13.2 Å². The van der Waals surface area contributed by atoms with Gasteiger partial charge < -0.3 is 10.8 Å². The molecule has 0 atom stereocenters. The third-order valence-electron chi connectivity index (χ3n) is 5.28. The summed E-state index contributed by atoms with van der Waals surface area (Å²) in [6.07, 6.45) is -3.11. The molecule has 1 aliphatic rings. The van der Waals surface area contributed by atoms with Gasteiger partial charge in [0.1, 0.15) is 5.75 Å². The summed E-state index contributed by atoms with van der Waals surface area (Å²) >= 11 is 0. The molecule has 3 N–H and O–H groups in total. The summed E-state index contributed by atoms with van der Waals surface area (Å²) in [5, 5.41) is 13.2. The van der Waals surface area contributed by atoms with Crippen LogP contribution in [0.3, 0.4) is 0 Å². The van der Waals surface area contributed by atoms with E-state index in [0.29, 0.717) is 17.0 Å². The number of carbonyl (C=O) groups is 1. The highest BCUT2D eigenvalue weighted by Gasteiger charge is 2.41. The molecule has 4 rings (SSSR count). The first-order valence-electron chi connectivity index (χ1n) is 9.13. The summed E-state index contributed by atoms with van der Waals surface area (Å²) in [7, 11) is 0. The van der Waals surface area contributed by atoms with Gasteiger partial charge in [0.25, 0.3) is 0 Å². The number of phenolic OH excluding ortho intramolecular Hbond substituents is 1. The lowest BCUT2D eigenvalue weighted by Crippen LogP contribution is -2.19. The number of amides is 1. The number of fused-ring (bicyclic) bond motifs is 3. The molecule has 6 nitrogen and oxygen atoms in total. The minimum Gasteiger partial charge on any atom is -0.508 e. The van der Waals surface area contributed by atoms with Crippen LogP contribution in [0.5, 0.6) is 5.75 Å². The van der Waals surface area contributed by atoms with Crippen molar-refractivity contribution in [2.24, 2.45) is 5.73 Å². The smallest absolute Gasteiger partial charge is 0.434 e. The van der Waals surface area contributed by atoms with Crippen molar-refractivity contribution in [2.75, 3.05) is 0 Å². The predicted molar refractivity (Wildman–Crippen MR) is 106 cm³/mol. The van der Waals surface area contributed by atoms with Crippen molar-refractivity contribution in [2.45, 2.75) is 40.3 Å². The molecule has 9 heteroatoms. The highest BCUT2D eigenvalue weighted by Crippen LogP contribution is 2.41. The van der Waals surface area contributed by atoms with Crippen molar-refractivity contribution in [1.29, 1.82) is 0 Å². The molecule has 158 valence electrons. The Hall–Kier alpha value is -3.36. The number of aromatic hydroxyl groups is 1. The van der Waals surface area contributed by atoms with Gasteiger partial charge in [0.05, 0.1) is 11.9 Å². The monoisotopic (exact) mass is 418 g/mol. The normalized spacial score (nSPS) is 13.3. The van der Waals surface area contributed by atoms with E-state index in [-0.39, 0.29) is 23.2 Å². The van der Waals surface area contributed by atoms with Crippen LogP contribution in [-0.4, -0.2) is 25.6 Å². The first-order valence-corrected chi connectivity index (χ1v) is 9.13. The van der Waals surface area contributed by atoms with Gasteiger partial charge in [-0.05, 0) is 50.5 Å². The van der Waals surface area contributed by atoms with Crippen molar-refractivity contribution >= 4 is 17.1 Å². The second kappa shape index (κ2) is 7.47. The number of carbonyl (C=O) groups excluding carboxylic acids is 1. The van der Waals surface area contributed by atoms with Crippen LogP contribution in [-0.2, 0) is 17.4 Å². The molecule has 1 amide bonds. The summed E-state index contributed by atoms with van der Waals surface area (Å²) in [6.45, 7) is 7.57. The van der Waals surface area contributed by atoms with E-state index in [1.807, 2.05) is 26.8 Å². The number of hydrogen-bond donors (Lipinski definition) is 2. The molecule has 0 saturated carbocycles. The average molecular weight is 418 g/mol. The zero-order valence-corrected chi connectivity index (χ0v) is 16.9. The Balaban J connectivity index is 0.000000216. The molecular weight excluding hydrogens is 397 g/mol. The van der Waals surface area contributed by atoms with E-state index in [1.165, 1.54) is 27.9 Å². The number of primary amides is 1. The van der Waals surface area contributed by atoms with Crippen molar-refractivity contribution in [3.8, 4) is 5.75 Å². The van der Waals surface area contributed by atoms with Crippen molar-refractivity contribution in [3.63, 3.8) is 0 Å². The number of nitrogens with zero attached hydrogens (tertiary/aromatic N) is 3. The van der Waals surface area contributed by atoms with E-state index in [9.17, 15) is 23.1 Å². The maximum Gasteiger partial charge on any atom is 0.434 e. The molecule has 30 heavy (non-hydrogen) atoms. The molecule has 0 aliphatic heterocycles. The highest BCUT2D eigenvalue weighted by molar-refractivity contribution is 6.21. The lowest BCUT2D eigenvalue weighted by atomic mass is 10.0. The van der Waals surface area contributed by atoms with E-state index >= 15 is 0 Å². The Morgan fingerprint density at radius 1 is 1.13 bits per heavy atom. The molecular formula is C21H21F3N4O2.